The summed E-state index contributed by atoms with van der Waals surface area (Å²) in [5.41, 5.74) is 1.08. The summed E-state index contributed by atoms with van der Waals surface area (Å²) >= 11 is 0. The molecule has 5 nitrogen and oxygen atoms in total. The lowest BCUT2D eigenvalue weighted by molar-refractivity contribution is 0.0672. The molecule has 0 radical (unpaired) electrons. The molecule has 120 valence electrons. The molecule has 3 rings (SSSR count). The summed E-state index contributed by atoms with van der Waals surface area (Å²) < 4.78 is 0. The summed E-state index contributed by atoms with van der Waals surface area (Å²) in [6, 6.07) is 4.91. The first-order valence-corrected chi connectivity index (χ1v) is 8.04. The van der Waals surface area contributed by atoms with E-state index in [0.29, 0.717) is 16.7 Å². The van der Waals surface area contributed by atoms with E-state index in [1.54, 1.807) is 12.1 Å². The zero-order valence-electron chi connectivity index (χ0n) is 13.0. The van der Waals surface area contributed by atoms with Crippen LogP contribution in [0.5, 0.6) is 0 Å². The predicted molar refractivity (Wildman–Crippen MR) is 86.3 cm³/mol. The van der Waals surface area contributed by atoms with Crippen LogP contribution in [0.4, 0.5) is 0 Å². The molecule has 2 aliphatic rings. The molecule has 0 unspecified atom stereocenters. The molecule has 1 heterocycles. The second kappa shape index (κ2) is 6.36. The fourth-order valence-corrected chi connectivity index (χ4v) is 3.24. The maximum atomic E-state index is 12.4. The van der Waals surface area contributed by atoms with Gasteiger partial charge in [-0.1, -0.05) is 25.3 Å². The molecule has 1 saturated carbocycles. The van der Waals surface area contributed by atoms with Gasteiger partial charge in [-0.2, -0.15) is 0 Å². The Morgan fingerprint density at radius 2 is 1.87 bits per heavy atom. The molecule has 1 aromatic carbocycles. The van der Waals surface area contributed by atoms with Crippen molar-refractivity contribution in [1.29, 1.82) is 0 Å². The SMILES string of the molecule is C=CCN1C(=O)c2ccc(C(=O)NC3CCCCC3)cc2C1=O. The average molecular weight is 312 g/mol. The number of imide groups is 1. The van der Waals surface area contributed by atoms with Crippen molar-refractivity contribution in [2.75, 3.05) is 6.54 Å². The number of hydrogen-bond acceptors (Lipinski definition) is 3. The number of carbonyl (C=O) groups is 3. The lowest BCUT2D eigenvalue weighted by atomic mass is 9.95. The Morgan fingerprint density at radius 3 is 2.57 bits per heavy atom. The van der Waals surface area contributed by atoms with Gasteiger partial charge in [0.15, 0.2) is 0 Å². The molecule has 0 saturated heterocycles. The third-order valence-corrected chi connectivity index (χ3v) is 4.48. The standard InChI is InChI=1S/C18H20N2O3/c1-2-10-20-17(22)14-9-8-12(11-15(14)18(20)23)16(21)19-13-6-4-3-5-7-13/h2,8-9,11,13H,1,3-7,10H2,(H,19,21). The molecule has 1 aromatic rings. The number of benzene rings is 1. The van der Waals surface area contributed by atoms with E-state index in [1.807, 2.05) is 0 Å². The Labute approximate surface area is 135 Å². The second-order valence-corrected chi connectivity index (χ2v) is 6.08. The van der Waals surface area contributed by atoms with Crippen molar-refractivity contribution >= 4 is 17.7 Å². The molecule has 0 bridgehead atoms. The minimum atomic E-state index is -0.364. The first kappa shape index (κ1) is 15.5. The van der Waals surface area contributed by atoms with Gasteiger partial charge < -0.3 is 5.32 Å². The molecule has 1 aliphatic carbocycles. The lowest BCUT2D eigenvalue weighted by Gasteiger charge is -2.22. The number of hydrogen-bond donors (Lipinski definition) is 1. The van der Waals surface area contributed by atoms with Gasteiger partial charge in [0.1, 0.15) is 0 Å². The highest BCUT2D eigenvalue weighted by Crippen LogP contribution is 2.24. The highest BCUT2D eigenvalue weighted by atomic mass is 16.2. The van der Waals surface area contributed by atoms with E-state index >= 15 is 0 Å². The van der Waals surface area contributed by atoms with Crippen molar-refractivity contribution in [1.82, 2.24) is 10.2 Å². The van der Waals surface area contributed by atoms with Crippen LogP contribution in [0.3, 0.4) is 0 Å². The highest BCUT2D eigenvalue weighted by molar-refractivity contribution is 6.22. The number of nitrogens with one attached hydrogen (secondary N) is 1. The van der Waals surface area contributed by atoms with Gasteiger partial charge in [-0.15, -0.1) is 6.58 Å². The average Bonchev–Trinajstić information content (AvgIpc) is 2.81. The van der Waals surface area contributed by atoms with Crippen LogP contribution in [0.2, 0.25) is 0 Å². The maximum Gasteiger partial charge on any atom is 0.261 e. The van der Waals surface area contributed by atoms with Crippen molar-refractivity contribution in [3.63, 3.8) is 0 Å². The predicted octanol–water partition coefficient (Wildman–Crippen LogP) is 2.53. The third-order valence-electron chi connectivity index (χ3n) is 4.48. The summed E-state index contributed by atoms with van der Waals surface area (Å²) in [5.74, 6) is -0.872. The smallest absolute Gasteiger partial charge is 0.261 e. The van der Waals surface area contributed by atoms with Crippen LogP contribution < -0.4 is 5.32 Å². The summed E-state index contributed by atoms with van der Waals surface area (Å²) in [6.45, 7) is 3.73. The van der Waals surface area contributed by atoms with Gasteiger partial charge in [0.05, 0.1) is 11.1 Å². The fraction of sp³-hybridized carbons (Fsp3) is 0.389. The van der Waals surface area contributed by atoms with Gasteiger partial charge in [-0.3, -0.25) is 19.3 Å². The topological polar surface area (TPSA) is 66.5 Å². The zero-order chi connectivity index (χ0) is 16.4. The van der Waals surface area contributed by atoms with Crippen molar-refractivity contribution in [2.45, 2.75) is 38.1 Å². The molecule has 5 heteroatoms. The fourth-order valence-electron chi connectivity index (χ4n) is 3.24. The summed E-state index contributed by atoms with van der Waals surface area (Å²) in [4.78, 5) is 37.9. The van der Waals surface area contributed by atoms with Gasteiger partial charge in [0.25, 0.3) is 17.7 Å². The molecule has 1 fully saturated rings. The molecule has 23 heavy (non-hydrogen) atoms. The van der Waals surface area contributed by atoms with Crippen LogP contribution in [-0.2, 0) is 0 Å². The molecule has 0 atom stereocenters. The van der Waals surface area contributed by atoms with E-state index in [9.17, 15) is 14.4 Å². The van der Waals surface area contributed by atoms with Gasteiger partial charge in [-0.25, -0.2) is 0 Å². The van der Waals surface area contributed by atoms with E-state index in [0.717, 1.165) is 30.6 Å². The Kier molecular flexibility index (Phi) is 4.28. The largest absolute Gasteiger partial charge is 0.349 e. The van der Waals surface area contributed by atoms with Crippen LogP contribution in [0.15, 0.2) is 30.9 Å². The number of carbonyl (C=O) groups excluding carboxylic acids is 3. The normalized spacial score (nSPS) is 18.0. The minimum Gasteiger partial charge on any atom is -0.349 e. The summed E-state index contributed by atoms with van der Waals surface area (Å²) in [6.07, 6.45) is 7.01. The van der Waals surface area contributed by atoms with E-state index in [-0.39, 0.29) is 30.3 Å². The van der Waals surface area contributed by atoms with E-state index in [4.69, 9.17) is 0 Å². The Bertz CT molecular complexity index is 675. The lowest BCUT2D eigenvalue weighted by Crippen LogP contribution is -2.36. The van der Waals surface area contributed by atoms with E-state index < -0.39 is 0 Å². The van der Waals surface area contributed by atoms with Crippen molar-refractivity contribution in [2.24, 2.45) is 0 Å². The maximum absolute atomic E-state index is 12.4. The number of rotatable bonds is 4. The van der Waals surface area contributed by atoms with Crippen LogP contribution in [0.1, 0.15) is 63.2 Å². The number of amides is 3. The molecule has 1 aliphatic heterocycles. The van der Waals surface area contributed by atoms with Crippen LogP contribution in [0.25, 0.3) is 0 Å². The van der Waals surface area contributed by atoms with Gasteiger partial charge in [0, 0.05) is 18.2 Å². The van der Waals surface area contributed by atoms with Gasteiger partial charge in [0.2, 0.25) is 0 Å². The Hall–Kier alpha value is -2.43. The zero-order valence-corrected chi connectivity index (χ0v) is 13.0. The summed E-state index contributed by atoms with van der Waals surface area (Å²) in [5, 5.41) is 3.02. The first-order valence-electron chi connectivity index (χ1n) is 8.04. The number of nitrogens with zero attached hydrogens (tertiary/aromatic N) is 1. The Morgan fingerprint density at radius 1 is 1.17 bits per heavy atom. The minimum absolute atomic E-state index is 0.177. The monoisotopic (exact) mass is 312 g/mol. The van der Waals surface area contributed by atoms with E-state index in [1.165, 1.54) is 18.6 Å². The molecule has 1 N–H and O–H groups in total. The third kappa shape index (κ3) is 2.91. The molecule has 3 amide bonds. The summed E-state index contributed by atoms with van der Waals surface area (Å²) in [7, 11) is 0. The quantitative estimate of drug-likeness (QED) is 0.686. The molecular weight excluding hydrogens is 292 g/mol. The molecule has 0 spiro atoms. The van der Waals surface area contributed by atoms with Crippen LogP contribution >= 0.6 is 0 Å². The second-order valence-electron chi connectivity index (χ2n) is 6.08. The molecular formula is C18H20N2O3. The van der Waals surface area contributed by atoms with Crippen molar-refractivity contribution < 1.29 is 14.4 Å². The van der Waals surface area contributed by atoms with Crippen LogP contribution in [0, 0.1) is 0 Å². The van der Waals surface area contributed by atoms with Crippen LogP contribution in [-0.4, -0.2) is 35.2 Å². The first-order chi connectivity index (χ1) is 11.1. The highest BCUT2D eigenvalue weighted by Gasteiger charge is 2.35. The van der Waals surface area contributed by atoms with Gasteiger partial charge in [-0.05, 0) is 31.0 Å². The number of fused-ring (bicyclic) bond motifs is 1. The van der Waals surface area contributed by atoms with Gasteiger partial charge >= 0.3 is 0 Å². The molecule has 0 aromatic heterocycles. The van der Waals surface area contributed by atoms with Crippen molar-refractivity contribution in [3.8, 4) is 0 Å². The van der Waals surface area contributed by atoms with Crippen molar-refractivity contribution in [3.05, 3.63) is 47.5 Å². The van der Waals surface area contributed by atoms with E-state index in [2.05, 4.69) is 11.9 Å². The Balaban J connectivity index is 1.79.